The Balaban J connectivity index is 2.09. The zero-order chi connectivity index (χ0) is 17.5. The second-order valence-corrected chi connectivity index (χ2v) is 5.95. The first kappa shape index (κ1) is 17.7. The number of ether oxygens (including phenoxy) is 1. The molecule has 2 aromatic rings. The first-order valence-electron chi connectivity index (χ1n) is 7.31. The van der Waals surface area contributed by atoms with Gasteiger partial charge in [0.15, 0.2) is 0 Å². The normalized spacial score (nSPS) is 11.4. The van der Waals surface area contributed by atoms with Gasteiger partial charge in [0.25, 0.3) is 11.8 Å². The molecule has 1 aromatic heterocycles. The molecule has 1 atom stereocenters. The molecule has 0 spiro atoms. The molecular formula is C17H18N2O4S. The molecule has 24 heavy (non-hydrogen) atoms. The van der Waals surface area contributed by atoms with Gasteiger partial charge >= 0.3 is 5.97 Å². The largest absolute Gasteiger partial charge is 0.469 e. The van der Waals surface area contributed by atoms with Crippen molar-refractivity contribution in [2.45, 2.75) is 19.4 Å². The smallest absolute Gasteiger partial charge is 0.307 e. The van der Waals surface area contributed by atoms with Crippen molar-refractivity contribution in [1.29, 1.82) is 0 Å². The summed E-state index contributed by atoms with van der Waals surface area (Å²) in [5.41, 5.74) is 1.28. The average Bonchev–Trinajstić information content (AvgIpc) is 3.09. The molecule has 1 heterocycles. The number of esters is 1. The van der Waals surface area contributed by atoms with Crippen molar-refractivity contribution >= 4 is 34.8 Å². The van der Waals surface area contributed by atoms with Crippen LogP contribution in [0.2, 0.25) is 0 Å². The van der Waals surface area contributed by atoms with Gasteiger partial charge < -0.3 is 15.4 Å². The number of carbonyl (C=O) groups is 3. The van der Waals surface area contributed by atoms with Crippen molar-refractivity contribution in [2.24, 2.45) is 0 Å². The minimum atomic E-state index is -0.401. The number of hydrogen-bond acceptors (Lipinski definition) is 5. The molecule has 126 valence electrons. The topological polar surface area (TPSA) is 84.5 Å². The summed E-state index contributed by atoms with van der Waals surface area (Å²) in [6.45, 7) is 1.71. The third-order valence-electron chi connectivity index (χ3n) is 3.28. The predicted octanol–water partition coefficient (Wildman–Crippen LogP) is 2.68. The molecule has 2 amide bonds. The van der Waals surface area contributed by atoms with Crippen LogP contribution >= 0.6 is 11.3 Å². The van der Waals surface area contributed by atoms with Gasteiger partial charge in [-0.15, -0.1) is 0 Å². The zero-order valence-corrected chi connectivity index (χ0v) is 14.2. The number of para-hydroxylation sites is 1. The molecule has 0 bridgehead atoms. The van der Waals surface area contributed by atoms with E-state index in [0.29, 0.717) is 16.8 Å². The maximum atomic E-state index is 12.4. The highest BCUT2D eigenvalue weighted by Gasteiger charge is 2.17. The minimum Gasteiger partial charge on any atom is -0.469 e. The lowest BCUT2D eigenvalue weighted by molar-refractivity contribution is -0.141. The van der Waals surface area contributed by atoms with Crippen LogP contribution in [0.25, 0.3) is 0 Å². The Labute approximate surface area is 143 Å². The first-order chi connectivity index (χ1) is 11.5. The second kappa shape index (κ2) is 8.26. The number of carbonyl (C=O) groups excluding carboxylic acids is 3. The van der Waals surface area contributed by atoms with Crippen molar-refractivity contribution < 1.29 is 19.1 Å². The number of anilines is 1. The van der Waals surface area contributed by atoms with E-state index in [1.165, 1.54) is 18.4 Å². The summed E-state index contributed by atoms with van der Waals surface area (Å²) in [6.07, 6.45) is 0.0751. The van der Waals surface area contributed by atoms with E-state index >= 15 is 0 Å². The lowest BCUT2D eigenvalue weighted by atomic mass is 10.1. The Morgan fingerprint density at radius 1 is 1.17 bits per heavy atom. The van der Waals surface area contributed by atoms with Crippen LogP contribution in [-0.4, -0.2) is 30.9 Å². The Morgan fingerprint density at radius 2 is 1.92 bits per heavy atom. The van der Waals surface area contributed by atoms with E-state index in [9.17, 15) is 14.4 Å². The molecule has 0 aliphatic carbocycles. The molecule has 1 aromatic carbocycles. The molecule has 1 unspecified atom stereocenters. The monoisotopic (exact) mass is 346 g/mol. The molecule has 6 nitrogen and oxygen atoms in total. The highest BCUT2D eigenvalue weighted by molar-refractivity contribution is 7.08. The number of methoxy groups -OCH3 is 1. The highest BCUT2D eigenvalue weighted by Crippen LogP contribution is 2.17. The van der Waals surface area contributed by atoms with E-state index in [0.717, 1.165) is 0 Å². The van der Waals surface area contributed by atoms with Gasteiger partial charge in [0.05, 0.1) is 30.3 Å². The van der Waals surface area contributed by atoms with E-state index < -0.39 is 5.97 Å². The molecule has 2 rings (SSSR count). The maximum Gasteiger partial charge on any atom is 0.307 e. The summed E-state index contributed by atoms with van der Waals surface area (Å²) < 4.78 is 4.58. The summed E-state index contributed by atoms with van der Waals surface area (Å²) in [5, 5.41) is 9.00. The molecule has 7 heteroatoms. The fourth-order valence-electron chi connectivity index (χ4n) is 2.06. The summed E-state index contributed by atoms with van der Waals surface area (Å²) in [7, 11) is 1.30. The third kappa shape index (κ3) is 4.66. The molecule has 0 aliphatic heterocycles. The van der Waals surface area contributed by atoms with E-state index in [4.69, 9.17) is 0 Å². The summed E-state index contributed by atoms with van der Waals surface area (Å²) in [4.78, 5) is 35.8. The molecular weight excluding hydrogens is 328 g/mol. The number of thiophene rings is 1. The fraction of sp³-hybridized carbons (Fsp3) is 0.235. The molecule has 0 saturated heterocycles. The lowest BCUT2D eigenvalue weighted by Crippen LogP contribution is -2.35. The first-order valence-corrected chi connectivity index (χ1v) is 8.25. The van der Waals surface area contributed by atoms with Crippen molar-refractivity contribution in [3.05, 3.63) is 52.2 Å². The Kier molecular flexibility index (Phi) is 6.08. The predicted molar refractivity (Wildman–Crippen MR) is 92.3 cm³/mol. The number of benzene rings is 1. The van der Waals surface area contributed by atoms with Gasteiger partial charge in [-0.1, -0.05) is 12.1 Å². The third-order valence-corrected chi connectivity index (χ3v) is 3.96. The standard InChI is InChI=1S/C17H18N2O4S/c1-11(9-15(20)23-2)18-17(22)13-5-3-4-6-14(13)19-16(21)12-7-8-24-10-12/h3-8,10-11H,9H2,1-2H3,(H,18,22)(H,19,21). The van der Waals surface area contributed by atoms with Gasteiger partial charge in [-0.25, -0.2) is 0 Å². The van der Waals surface area contributed by atoms with Crippen LogP contribution in [0.3, 0.4) is 0 Å². The highest BCUT2D eigenvalue weighted by atomic mass is 32.1. The SMILES string of the molecule is COC(=O)CC(C)NC(=O)c1ccccc1NC(=O)c1ccsc1. The van der Waals surface area contributed by atoms with E-state index in [1.54, 1.807) is 42.6 Å². The molecule has 0 aliphatic rings. The van der Waals surface area contributed by atoms with Crippen molar-refractivity contribution in [2.75, 3.05) is 12.4 Å². The van der Waals surface area contributed by atoms with Crippen LogP contribution in [0.4, 0.5) is 5.69 Å². The van der Waals surface area contributed by atoms with Crippen molar-refractivity contribution in [1.82, 2.24) is 5.32 Å². The van der Waals surface area contributed by atoms with Crippen LogP contribution in [0.1, 0.15) is 34.1 Å². The molecule has 0 fully saturated rings. The van der Waals surface area contributed by atoms with Crippen LogP contribution in [0.5, 0.6) is 0 Å². The lowest BCUT2D eigenvalue weighted by Gasteiger charge is -2.15. The quantitative estimate of drug-likeness (QED) is 0.788. The fourth-order valence-corrected chi connectivity index (χ4v) is 2.70. The number of nitrogens with one attached hydrogen (secondary N) is 2. The van der Waals surface area contributed by atoms with Gasteiger partial charge in [-0.05, 0) is 30.5 Å². The average molecular weight is 346 g/mol. The molecule has 0 radical (unpaired) electrons. The van der Waals surface area contributed by atoms with Crippen LogP contribution in [-0.2, 0) is 9.53 Å². The van der Waals surface area contributed by atoms with E-state index in [-0.39, 0.29) is 24.3 Å². The minimum absolute atomic E-state index is 0.0751. The van der Waals surface area contributed by atoms with E-state index in [2.05, 4.69) is 15.4 Å². The maximum absolute atomic E-state index is 12.4. The number of hydrogen-bond donors (Lipinski definition) is 2. The Morgan fingerprint density at radius 3 is 2.58 bits per heavy atom. The second-order valence-electron chi connectivity index (χ2n) is 5.17. The van der Waals surface area contributed by atoms with E-state index in [1.807, 2.05) is 5.38 Å². The summed E-state index contributed by atoms with van der Waals surface area (Å²) >= 11 is 1.42. The van der Waals surface area contributed by atoms with Crippen LogP contribution in [0, 0.1) is 0 Å². The van der Waals surface area contributed by atoms with Gasteiger partial charge in [0, 0.05) is 11.4 Å². The summed E-state index contributed by atoms with van der Waals surface area (Å²) in [5.74, 6) is -1.05. The van der Waals surface area contributed by atoms with Gasteiger partial charge in [-0.3, -0.25) is 14.4 Å². The van der Waals surface area contributed by atoms with Gasteiger partial charge in [0.1, 0.15) is 0 Å². The van der Waals surface area contributed by atoms with Crippen molar-refractivity contribution in [3.63, 3.8) is 0 Å². The summed E-state index contributed by atoms with van der Waals surface area (Å²) in [6, 6.07) is 8.04. The number of rotatable bonds is 6. The molecule has 0 saturated carbocycles. The molecule has 2 N–H and O–H groups in total. The Bertz CT molecular complexity index is 728. The van der Waals surface area contributed by atoms with Crippen LogP contribution in [0.15, 0.2) is 41.1 Å². The number of amides is 2. The zero-order valence-electron chi connectivity index (χ0n) is 13.4. The van der Waals surface area contributed by atoms with Gasteiger partial charge in [0.2, 0.25) is 0 Å². The van der Waals surface area contributed by atoms with Crippen molar-refractivity contribution in [3.8, 4) is 0 Å². The Hall–Kier alpha value is -2.67. The van der Waals surface area contributed by atoms with Crippen LogP contribution < -0.4 is 10.6 Å². The van der Waals surface area contributed by atoms with Gasteiger partial charge in [-0.2, -0.15) is 11.3 Å².